The first-order valence-electron chi connectivity index (χ1n) is 5.30. The molecule has 3 N–H and O–H groups in total. The molecule has 0 aromatic heterocycles. The van der Waals surface area contributed by atoms with Gasteiger partial charge in [0.1, 0.15) is 0 Å². The number of Topliss-reactive ketones (excluding diaryl/α,β-unsaturated/α-hetero) is 1. The second-order valence-corrected chi connectivity index (χ2v) is 3.55. The number of unbranched alkanes of at least 4 members (excludes halogenated alkanes) is 2. The summed E-state index contributed by atoms with van der Waals surface area (Å²) >= 11 is 0. The van der Waals surface area contributed by atoms with Gasteiger partial charge in [-0.25, -0.2) is 0 Å². The molecule has 0 aliphatic heterocycles. The molecule has 0 aromatic carbocycles. The van der Waals surface area contributed by atoms with Gasteiger partial charge in [-0.3, -0.25) is 19.7 Å². The predicted octanol–water partition coefficient (Wildman–Crippen LogP) is 0.429. The Morgan fingerprint density at radius 1 is 1.24 bits per heavy atom. The lowest BCUT2D eigenvalue weighted by molar-refractivity contribution is -0.143. The fourth-order valence-electron chi connectivity index (χ4n) is 1.26. The van der Waals surface area contributed by atoms with Gasteiger partial charge in [0.15, 0.2) is 11.8 Å². The van der Waals surface area contributed by atoms with Crippen LogP contribution in [0.15, 0.2) is 12.7 Å². The summed E-state index contributed by atoms with van der Waals surface area (Å²) in [5.74, 6) is -3.04. The lowest BCUT2D eigenvalue weighted by atomic mass is 10.1. The molecule has 0 fully saturated rings. The fourth-order valence-corrected chi connectivity index (χ4v) is 1.26. The van der Waals surface area contributed by atoms with Crippen molar-refractivity contribution in [1.82, 2.24) is 5.32 Å². The molecular weight excluding hydrogens is 226 g/mol. The van der Waals surface area contributed by atoms with E-state index in [0.717, 1.165) is 12.8 Å². The molecule has 6 nitrogen and oxygen atoms in total. The van der Waals surface area contributed by atoms with Crippen molar-refractivity contribution in [2.24, 2.45) is 0 Å². The van der Waals surface area contributed by atoms with E-state index < -0.39 is 30.3 Å². The minimum absolute atomic E-state index is 0.122. The molecule has 0 spiro atoms. The number of carbonyl (C=O) groups excluding carboxylic acids is 1. The zero-order valence-electron chi connectivity index (χ0n) is 9.52. The van der Waals surface area contributed by atoms with Crippen LogP contribution in [0.5, 0.6) is 0 Å². The van der Waals surface area contributed by atoms with Gasteiger partial charge in [0, 0.05) is 6.42 Å². The normalized spacial score (nSPS) is 11.8. The minimum atomic E-state index is -1.44. The fraction of sp³-hybridized carbons (Fsp3) is 0.545. The quantitative estimate of drug-likeness (QED) is 0.292. The summed E-state index contributed by atoms with van der Waals surface area (Å²) in [6.07, 6.45) is 3.96. The largest absolute Gasteiger partial charge is 0.480 e. The van der Waals surface area contributed by atoms with Crippen molar-refractivity contribution in [2.75, 3.05) is 6.54 Å². The third kappa shape index (κ3) is 7.24. The first kappa shape index (κ1) is 15.3. The summed E-state index contributed by atoms with van der Waals surface area (Å²) in [6, 6.07) is -1.44. The number of allylic oxidation sites excluding steroid dienone is 1. The molecule has 0 aliphatic rings. The number of carboxylic acids is 2. The average Bonchev–Trinajstić information content (AvgIpc) is 2.23. The Morgan fingerprint density at radius 2 is 1.88 bits per heavy atom. The molecular formula is C11H17NO5. The first-order chi connectivity index (χ1) is 7.99. The molecule has 0 saturated heterocycles. The van der Waals surface area contributed by atoms with Gasteiger partial charge in [-0.05, 0) is 19.3 Å². The molecule has 0 rings (SSSR count). The summed E-state index contributed by atoms with van der Waals surface area (Å²) < 4.78 is 0. The zero-order valence-corrected chi connectivity index (χ0v) is 9.52. The molecule has 1 unspecified atom stereocenters. The van der Waals surface area contributed by atoms with Crippen LogP contribution < -0.4 is 5.32 Å². The molecule has 0 amide bonds. The zero-order chi connectivity index (χ0) is 13.3. The molecule has 6 heteroatoms. The summed E-state index contributed by atoms with van der Waals surface area (Å²) in [6.45, 7) is 2.99. The van der Waals surface area contributed by atoms with Gasteiger partial charge in [0.2, 0.25) is 0 Å². The lowest BCUT2D eigenvalue weighted by Gasteiger charge is -2.11. The summed E-state index contributed by atoms with van der Waals surface area (Å²) in [5, 5.41) is 19.4. The van der Waals surface area contributed by atoms with Gasteiger partial charge in [0.05, 0.1) is 6.54 Å². The smallest absolute Gasteiger partial charge is 0.328 e. The predicted molar refractivity (Wildman–Crippen MR) is 60.7 cm³/mol. The maximum Gasteiger partial charge on any atom is 0.328 e. The second-order valence-electron chi connectivity index (χ2n) is 3.55. The molecule has 0 aromatic rings. The van der Waals surface area contributed by atoms with Gasteiger partial charge in [0.25, 0.3) is 0 Å². The monoisotopic (exact) mass is 243 g/mol. The summed E-state index contributed by atoms with van der Waals surface area (Å²) in [7, 11) is 0. The standard InChI is InChI=1S/C11H17NO5/c1-2-3-4-5-6-8(13)10(11(16)17)12-7-9(14)15/h2,10,12H,1,3-7H2,(H,14,15)(H,16,17). The minimum Gasteiger partial charge on any atom is -0.480 e. The van der Waals surface area contributed by atoms with Gasteiger partial charge < -0.3 is 10.2 Å². The molecule has 96 valence electrons. The number of carbonyl (C=O) groups is 3. The summed E-state index contributed by atoms with van der Waals surface area (Å²) in [4.78, 5) is 32.5. The Morgan fingerprint density at radius 3 is 2.35 bits per heavy atom. The van der Waals surface area contributed by atoms with Gasteiger partial charge >= 0.3 is 11.9 Å². The molecule has 1 atom stereocenters. The van der Waals surface area contributed by atoms with Crippen LogP contribution in [0.25, 0.3) is 0 Å². The van der Waals surface area contributed by atoms with Gasteiger partial charge in [-0.2, -0.15) is 0 Å². The number of aliphatic carboxylic acids is 2. The van der Waals surface area contributed by atoms with Crippen LogP contribution in [-0.2, 0) is 14.4 Å². The maximum atomic E-state index is 11.5. The Balaban J connectivity index is 4.10. The highest BCUT2D eigenvalue weighted by Crippen LogP contribution is 2.03. The van der Waals surface area contributed by atoms with Crippen LogP contribution >= 0.6 is 0 Å². The third-order valence-corrected chi connectivity index (χ3v) is 2.11. The van der Waals surface area contributed by atoms with Crippen molar-refractivity contribution in [2.45, 2.75) is 31.7 Å². The van der Waals surface area contributed by atoms with Crippen molar-refractivity contribution in [3.63, 3.8) is 0 Å². The maximum absolute atomic E-state index is 11.5. The van der Waals surface area contributed by atoms with Gasteiger partial charge in [-0.1, -0.05) is 6.08 Å². The third-order valence-electron chi connectivity index (χ3n) is 2.11. The van der Waals surface area contributed by atoms with E-state index in [-0.39, 0.29) is 6.42 Å². The Labute approximate surface area is 99.3 Å². The molecule has 0 radical (unpaired) electrons. The molecule has 0 aliphatic carbocycles. The van der Waals surface area contributed by atoms with E-state index in [1.165, 1.54) is 0 Å². The highest BCUT2D eigenvalue weighted by atomic mass is 16.4. The Bertz CT molecular complexity index is 300. The van der Waals surface area contributed by atoms with E-state index in [1.54, 1.807) is 6.08 Å². The van der Waals surface area contributed by atoms with Gasteiger partial charge in [-0.15, -0.1) is 6.58 Å². The van der Waals surface area contributed by atoms with Crippen molar-refractivity contribution in [3.05, 3.63) is 12.7 Å². The SMILES string of the molecule is C=CCCCCC(=O)C(NCC(=O)O)C(=O)O. The van der Waals surface area contributed by atoms with Crippen LogP contribution in [0, 0.1) is 0 Å². The van der Waals surface area contributed by atoms with E-state index in [9.17, 15) is 14.4 Å². The van der Waals surface area contributed by atoms with Crippen LogP contribution in [0.4, 0.5) is 0 Å². The highest BCUT2D eigenvalue weighted by molar-refractivity contribution is 6.02. The van der Waals surface area contributed by atoms with Crippen molar-refractivity contribution in [3.8, 4) is 0 Å². The highest BCUT2D eigenvalue weighted by Gasteiger charge is 2.25. The summed E-state index contributed by atoms with van der Waals surface area (Å²) in [5.41, 5.74) is 0. The van der Waals surface area contributed by atoms with Crippen LogP contribution in [0.3, 0.4) is 0 Å². The number of ketones is 1. The van der Waals surface area contributed by atoms with E-state index in [4.69, 9.17) is 10.2 Å². The first-order valence-corrected chi connectivity index (χ1v) is 5.30. The molecule has 0 saturated carbocycles. The number of carboxylic acid groups (broad SMARTS) is 2. The Kier molecular flexibility index (Phi) is 7.62. The lowest BCUT2D eigenvalue weighted by Crippen LogP contribution is -2.45. The van der Waals surface area contributed by atoms with E-state index >= 15 is 0 Å². The van der Waals surface area contributed by atoms with E-state index in [2.05, 4.69) is 11.9 Å². The number of hydrogen-bond donors (Lipinski definition) is 3. The molecule has 17 heavy (non-hydrogen) atoms. The topological polar surface area (TPSA) is 104 Å². The van der Waals surface area contributed by atoms with Crippen LogP contribution in [0.2, 0.25) is 0 Å². The number of nitrogens with one attached hydrogen (secondary N) is 1. The van der Waals surface area contributed by atoms with Crippen molar-refractivity contribution < 1.29 is 24.6 Å². The molecule has 0 heterocycles. The van der Waals surface area contributed by atoms with E-state index in [0.29, 0.717) is 6.42 Å². The van der Waals surface area contributed by atoms with Crippen molar-refractivity contribution in [1.29, 1.82) is 0 Å². The van der Waals surface area contributed by atoms with Crippen LogP contribution in [-0.4, -0.2) is 40.5 Å². The average molecular weight is 243 g/mol. The second kappa shape index (κ2) is 8.46. The molecule has 0 bridgehead atoms. The van der Waals surface area contributed by atoms with Crippen molar-refractivity contribution >= 4 is 17.7 Å². The van der Waals surface area contributed by atoms with Crippen LogP contribution in [0.1, 0.15) is 25.7 Å². The Hall–Kier alpha value is -1.69. The number of rotatable bonds is 10. The number of hydrogen-bond acceptors (Lipinski definition) is 4. The van der Waals surface area contributed by atoms with E-state index in [1.807, 2.05) is 0 Å².